The van der Waals surface area contributed by atoms with Gasteiger partial charge in [0.25, 0.3) is 0 Å². The zero-order valence-corrected chi connectivity index (χ0v) is 12.9. The normalized spacial score (nSPS) is 18.7. The van der Waals surface area contributed by atoms with E-state index in [4.69, 9.17) is 9.47 Å². The number of nitrogens with zero attached hydrogens (tertiary/aromatic N) is 1. The molecule has 2 rings (SSSR count). The van der Waals surface area contributed by atoms with Crippen LogP contribution in [0.15, 0.2) is 18.2 Å². The number of ether oxygens (including phenoxy) is 2. The van der Waals surface area contributed by atoms with Gasteiger partial charge in [0.1, 0.15) is 5.75 Å². The Hall–Kier alpha value is -1.96. The van der Waals surface area contributed by atoms with Crippen molar-refractivity contribution < 1.29 is 27.4 Å². The van der Waals surface area contributed by atoms with E-state index in [1.165, 1.54) is 12.1 Å². The van der Waals surface area contributed by atoms with Crippen LogP contribution in [0.2, 0.25) is 0 Å². The van der Waals surface area contributed by atoms with Gasteiger partial charge in [-0.15, -0.1) is 0 Å². The van der Waals surface area contributed by atoms with Crippen LogP contribution in [0.25, 0.3) is 0 Å². The van der Waals surface area contributed by atoms with Crippen LogP contribution >= 0.6 is 0 Å². The van der Waals surface area contributed by atoms with E-state index in [-0.39, 0.29) is 17.9 Å². The molecule has 0 unspecified atom stereocenters. The van der Waals surface area contributed by atoms with E-state index in [1.54, 1.807) is 17.9 Å². The fraction of sp³-hybridized carbons (Fsp3) is 0.533. The molecule has 2 amide bonds. The summed E-state index contributed by atoms with van der Waals surface area (Å²) in [6, 6.07) is 4.29. The average molecular weight is 332 g/mol. The molecule has 1 aliphatic rings. The molecule has 1 heterocycles. The van der Waals surface area contributed by atoms with Crippen molar-refractivity contribution in [1.29, 1.82) is 0 Å². The molecular weight excluding hydrogens is 313 g/mol. The number of alkyl halides is 3. The molecule has 1 N–H and O–H groups in total. The highest BCUT2D eigenvalue weighted by Gasteiger charge is 2.29. The summed E-state index contributed by atoms with van der Waals surface area (Å²) < 4.78 is 46.9. The van der Waals surface area contributed by atoms with Gasteiger partial charge in [-0.3, -0.25) is 0 Å². The SMILES string of the molecule is Cc1c(NC(=O)N2CCO[C@H](C)C2)cccc1OCC(F)(F)F. The second-order valence-electron chi connectivity index (χ2n) is 5.39. The number of amides is 2. The summed E-state index contributed by atoms with van der Waals surface area (Å²) in [5.41, 5.74) is 0.875. The molecule has 0 saturated carbocycles. The molecule has 0 radical (unpaired) electrons. The number of carbonyl (C=O) groups excluding carboxylic acids is 1. The van der Waals surface area contributed by atoms with Crippen molar-refractivity contribution in [1.82, 2.24) is 4.90 Å². The summed E-state index contributed by atoms with van der Waals surface area (Å²) in [4.78, 5) is 13.8. The van der Waals surface area contributed by atoms with Gasteiger partial charge in [0.15, 0.2) is 6.61 Å². The van der Waals surface area contributed by atoms with Crippen molar-refractivity contribution in [2.24, 2.45) is 0 Å². The lowest BCUT2D eigenvalue weighted by atomic mass is 10.2. The van der Waals surface area contributed by atoms with Gasteiger partial charge in [-0.25, -0.2) is 4.79 Å². The maximum atomic E-state index is 12.2. The first-order valence-electron chi connectivity index (χ1n) is 7.23. The van der Waals surface area contributed by atoms with Crippen LogP contribution < -0.4 is 10.1 Å². The zero-order valence-electron chi connectivity index (χ0n) is 12.9. The van der Waals surface area contributed by atoms with Crippen molar-refractivity contribution in [3.8, 4) is 5.75 Å². The Labute approximate surface area is 132 Å². The van der Waals surface area contributed by atoms with E-state index >= 15 is 0 Å². The Bertz CT molecular complexity index is 563. The molecule has 8 heteroatoms. The number of rotatable bonds is 3. The monoisotopic (exact) mass is 332 g/mol. The predicted octanol–water partition coefficient (Wildman–Crippen LogP) is 3.19. The molecule has 1 aromatic rings. The van der Waals surface area contributed by atoms with E-state index in [1.807, 2.05) is 6.92 Å². The van der Waals surface area contributed by atoms with Gasteiger partial charge in [0.2, 0.25) is 0 Å². The highest BCUT2D eigenvalue weighted by molar-refractivity contribution is 5.90. The second-order valence-corrected chi connectivity index (χ2v) is 5.39. The van der Waals surface area contributed by atoms with Crippen LogP contribution in [0.1, 0.15) is 12.5 Å². The molecule has 0 bridgehead atoms. The highest BCUT2D eigenvalue weighted by atomic mass is 19.4. The number of halogens is 3. The molecule has 23 heavy (non-hydrogen) atoms. The van der Waals surface area contributed by atoms with E-state index in [2.05, 4.69) is 5.32 Å². The molecule has 5 nitrogen and oxygen atoms in total. The van der Waals surface area contributed by atoms with Crippen molar-refractivity contribution in [3.63, 3.8) is 0 Å². The first-order chi connectivity index (χ1) is 10.8. The Morgan fingerprint density at radius 2 is 2.22 bits per heavy atom. The molecule has 0 spiro atoms. The molecule has 128 valence electrons. The third-order valence-corrected chi connectivity index (χ3v) is 3.45. The lowest BCUT2D eigenvalue weighted by molar-refractivity contribution is -0.153. The smallest absolute Gasteiger partial charge is 0.422 e. The summed E-state index contributed by atoms with van der Waals surface area (Å²) in [6.45, 7) is 3.50. The molecule has 1 aromatic carbocycles. The fourth-order valence-corrected chi connectivity index (χ4v) is 2.26. The lowest BCUT2D eigenvalue weighted by Crippen LogP contribution is -2.46. The standard InChI is InChI=1S/C15H19F3N2O3/c1-10-8-20(6-7-22-10)14(21)19-12-4-3-5-13(11(12)2)23-9-15(16,17)18/h3-5,10H,6-9H2,1-2H3,(H,19,21)/t10-/m1/s1. The maximum Gasteiger partial charge on any atom is 0.422 e. The lowest BCUT2D eigenvalue weighted by Gasteiger charge is -2.31. The number of nitrogens with one attached hydrogen (secondary N) is 1. The quantitative estimate of drug-likeness (QED) is 0.925. The highest BCUT2D eigenvalue weighted by Crippen LogP contribution is 2.27. The summed E-state index contributed by atoms with van der Waals surface area (Å²) in [5, 5.41) is 2.71. The largest absolute Gasteiger partial charge is 0.484 e. The van der Waals surface area contributed by atoms with Crippen LogP contribution in [-0.4, -0.2) is 49.5 Å². The van der Waals surface area contributed by atoms with Gasteiger partial charge in [0.05, 0.1) is 12.7 Å². The molecule has 1 aliphatic heterocycles. The topological polar surface area (TPSA) is 50.8 Å². The van der Waals surface area contributed by atoms with Crippen LogP contribution in [0.4, 0.5) is 23.7 Å². The Morgan fingerprint density at radius 3 is 2.87 bits per heavy atom. The second kappa shape index (κ2) is 7.08. The third kappa shape index (κ3) is 5.02. The number of morpholine rings is 1. The average Bonchev–Trinajstić information content (AvgIpc) is 2.47. The molecule has 0 aromatic heterocycles. The maximum absolute atomic E-state index is 12.2. The Balaban J connectivity index is 2.03. The fourth-order valence-electron chi connectivity index (χ4n) is 2.26. The minimum atomic E-state index is -4.41. The van der Waals surface area contributed by atoms with Gasteiger partial charge in [-0.05, 0) is 26.0 Å². The minimum Gasteiger partial charge on any atom is -0.484 e. The summed E-state index contributed by atoms with van der Waals surface area (Å²) in [7, 11) is 0. The number of carbonyl (C=O) groups is 1. The van der Waals surface area contributed by atoms with Gasteiger partial charge >= 0.3 is 12.2 Å². The first-order valence-corrected chi connectivity index (χ1v) is 7.23. The molecule has 0 aliphatic carbocycles. The van der Waals surface area contributed by atoms with Crippen molar-refractivity contribution in [2.45, 2.75) is 26.1 Å². The van der Waals surface area contributed by atoms with Crippen molar-refractivity contribution in [3.05, 3.63) is 23.8 Å². The van der Waals surface area contributed by atoms with E-state index in [0.717, 1.165) is 0 Å². The number of urea groups is 1. The Morgan fingerprint density at radius 1 is 1.48 bits per heavy atom. The number of hydrogen-bond acceptors (Lipinski definition) is 3. The van der Waals surface area contributed by atoms with Gasteiger partial charge in [-0.1, -0.05) is 6.07 Å². The predicted molar refractivity (Wildman–Crippen MR) is 78.7 cm³/mol. The van der Waals surface area contributed by atoms with Crippen LogP contribution in [-0.2, 0) is 4.74 Å². The van der Waals surface area contributed by atoms with Crippen molar-refractivity contribution >= 4 is 11.7 Å². The Kier molecular flexibility index (Phi) is 5.35. The van der Waals surface area contributed by atoms with E-state index in [0.29, 0.717) is 30.9 Å². The van der Waals surface area contributed by atoms with Gasteiger partial charge in [-0.2, -0.15) is 13.2 Å². The third-order valence-electron chi connectivity index (χ3n) is 3.45. The van der Waals surface area contributed by atoms with E-state index in [9.17, 15) is 18.0 Å². The minimum absolute atomic E-state index is 0.0444. The molecular formula is C15H19F3N2O3. The van der Waals surface area contributed by atoms with Gasteiger partial charge < -0.3 is 19.7 Å². The van der Waals surface area contributed by atoms with Crippen LogP contribution in [0.3, 0.4) is 0 Å². The summed E-state index contributed by atoms with van der Waals surface area (Å²) >= 11 is 0. The van der Waals surface area contributed by atoms with Gasteiger partial charge in [0, 0.05) is 24.3 Å². The zero-order chi connectivity index (χ0) is 17.0. The molecule has 1 atom stereocenters. The summed E-state index contributed by atoms with van der Waals surface area (Å²) in [5.74, 6) is 0.0930. The van der Waals surface area contributed by atoms with Crippen LogP contribution in [0, 0.1) is 6.92 Å². The number of anilines is 1. The van der Waals surface area contributed by atoms with E-state index < -0.39 is 12.8 Å². The van der Waals surface area contributed by atoms with Crippen LogP contribution in [0.5, 0.6) is 5.75 Å². The molecule has 1 saturated heterocycles. The number of benzene rings is 1. The first kappa shape index (κ1) is 17.4. The van der Waals surface area contributed by atoms with Crippen molar-refractivity contribution in [2.75, 3.05) is 31.6 Å². The number of hydrogen-bond donors (Lipinski definition) is 1. The molecule has 1 fully saturated rings. The summed E-state index contributed by atoms with van der Waals surface area (Å²) in [6.07, 6.45) is -4.45.